The molecule has 2 atom stereocenters. The smallest absolute Gasteiger partial charge is 0.0410 e. The first-order chi connectivity index (χ1) is 6.75. The van der Waals surface area contributed by atoms with Crippen LogP contribution in [0.3, 0.4) is 0 Å². The number of piperidine rings is 1. The van der Waals surface area contributed by atoms with Gasteiger partial charge in [-0.15, -0.1) is 0 Å². The van der Waals surface area contributed by atoms with Crippen LogP contribution in [-0.2, 0) is 6.54 Å². The molecule has 78 valence electrons. The fourth-order valence-corrected chi connectivity index (χ4v) is 2.56. The zero-order chi connectivity index (χ0) is 9.97. The van der Waals surface area contributed by atoms with Crippen LogP contribution in [0.25, 0.3) is 0 Å². The van der Waals surface area contributed by atoms with Gasteiger partial charge >= 0.3 is 0 Å². The molecule has 3 nitrogen and oxygen atoms in total. The zero-order valence-corrected chi connectivity index (χ0v) is 9.33. The van der Waals surface area contributed by atoms with E-state index < -0.39 is 0 Å². The van der Waals surface area contributed by atoms with Gasteiger partial charge in [-0.2, -0.15) is 0 Å². The van der Waals surface area contributed by atoms with Gasteiger partial charge in [0.25, 0.3) is 0 Å². The van der Waals surface area contributed by atoms with Gasteiger partial charge in [0.05, 0.1) is 0 Å². The second-order valence-electron chi connectivity index (χ2n) is 4.09. The molecular formula is C10H17N3S. The maximum Gasteiger partial charge on any atom is 0.0410 e. The summed E-state index contributed by atoms with van der Waals surface area (Å²) in [6.45, 7) is 4.32. The second kappa shape index (κ2) is 4.38. The largest absolute Gasteiger partial charge is 0.327 e. The monoisotopic (exact) mass is 211 g/mol. The van der Waals surface area contributed by atoms with Crippen molar-refractivity contribution in [1.82, 2.24) is 9.27 Å². The average molecular weight is 211 g/mol. The van der Waals surface area contributed by atoms with Gasteiger partial charge in [-0.25, -0.2) is 4.37 Å². The van der Waals surface area contributed by atoms with E-state index in [0.29, 0.717) is 12.1 Å². The van der Waals surface area contributed by atoms with Gasteiger partial charge in [0, 0.05) is 36.2 Å². The van der Waals surface area contributed by atoms with Crippen molar-refractivity contribution in [3.63, 3.8) is 0 Å². The first-order valence-electron chi connectivity index (χ1n) is 5.15. The van der Waals surface area contributed by atoms with Gasteiger partial charge in [-0.05, 0) is 37.4 Å². The van der Waals surface area contributed by atoms with Crippen LogP contribution in [0.2, 0.25) is 0 Å². The van der Waals surface area contributed by atoms with Crippen LogP contribution < -0.4 is 5.73 Å². The summed E-state index contributed by atoms with van der Waals surface area (Å²) in [6, 6.07) is 3.12. The highest BCUT2D eigenvalue weighted by atomic mass is 32.1. The van der Waals surface area contributed by atoms with Gasteiger partial charge in [-0.3, -0.25) is 4.90 Å². The normalized spacial score (nSPS) is 29.3. The van der Waals surface area contributed by atoms with Gasteiger partial charge < -0.3 is 5.73 Å². The van der Waals surface area contributed by atoms with Crippen molar-refractivity contribution in [2.45, 2.75) is 38.4 Å². The molecule has 1 aromatic rings. The fraction of sp³-hybridized carbons (Fsp3) is 0.700. The lowest BCUT2D eigenvalue weighted by atomic mass is 10.0. The van der Waals surface area contributed by atoms with Crippen molar-refractivity contribution >= 4 is 11.5 Å². The molecule has 2 rings (SSSR count). The maximum atomic E-state index is 5.96. The molecule has 0 aromatic carbocycles. The number of nitrogens with zero attached hydrogens (tertiary/aromatic N) is 2. The van der Waals surface area contributed by atoms with E-state index in [0.717, 1.165) is 13.1 Å². The standard InChI is InChI=1S/C10H17N3S/c1-8-2-3-9(11)6-13(8)7-10-4-5-12-14-10/h4-5,8-9H,2-3,6-7,11H2,1H3. The molecule has 4 heteroatoms. The molecule has 2 N–H and O–H groups in total. The SMILES string of the molecule is CC1CCC(N)CN1Cc1ccns1. The lowest BCUT2D eigenvalue weighted by molar-refractivity contribution is 0.139. The molecule has 0 amide bonds. The van der Waals surface area contributed by atoms with Crippen molar-refractivity contribution in [2.24, 2.45) is 5.73 Å². The third-order valence-corrected chi connectivity index (χ3v) is 3.62. The van der Waals surface area contributed by atoms with Crippen molar-refractivity contribution in [3.8, 4) is 0 Å². The summed E-state index contributed by atoms with van der Waals surface area (Å²) in [7, 11) is 0. The van der Waals surface area contributed by atoms with E-state index in [2.05, 4.69) is 22.3 Å². The third kappa shape index (κ3) is 2.32. The molecule has 0 radical (unpaired) electrons. The maximum absolute atomic E-state index is 5.96. The van der Waals surface area contributed by atoms with Crippen LogP contribution in [0.4, 0.5) is 0 Å². The Hall–Kier alpha value is -0.450. The minimum Gasteiger partial charge on any atom is -0.327 e. The van der Waals surface area contributed by atoms with E-state index in [9.17, 15) is 0 Å². The van der Waals surface area contributed by atoms with Crippen LogP contribution in [-0.4, -0.2) is 27.9 Å². The summed E-state index contributed by atoms with van der Waals surface area (Å²) in [6.07, 6.45) is 4.26. The highest BCUT2D eigenvalue weighted by Crippen LogP contribution is 2.19. The van der Waals surface area contributed by atoms with Crippen molar-refractivity contribution in [3.05, 3.63) is 17.1 Å². The predicted octanol–water partition coefficient (Wildman–Crippen LogP) is 1.45. The van der Waals surface area contributed by atoms with Gasteiger partial charge in [-0.1, -0.05) is 0 Å². The molecule has 14 heavy (non-hydrogen) atoms. The Kier molecular flexibility index (Phi) is 3.15. The summed E-state index contributed by atoms with van der Waals surface area (Å²) >= 11 is 1.59. The lowest BCUT2D eigenvalue weighted by Gasteiger charge is -2.36. The minimum absolute atomic E-state index is 0.360. The van der Waals surface area contributed by atoms with Crippen LogP contribution in [0, 0.1) is 0 Å². The fourth-order valence-electron chi connectivity index (χ4n) is 1.95. The van der Waals surface area contributed by atoms with E-state index in [1.807, 2.05) is 6.20 Å². The number of likely N-dealkylation sites (tertiary alicyclic amines) is 1. The van der Waals surface area contributed by atoms with E-state index in [-0.39, 0.29) is 0 Å². The summed E-state index contributed by atoms with van der Waals surface area (Å²) in [5, 5.41) is 0. The Morgan fingerprint density at radius 3 is 3.21 bits per heavy atom. The Balaban J connectivity index is 1.95. The molecule has 2 unspecified atom stereocenters. The zero-order valence-electron chi connectivity index (χ0n) is 8.52. The molecule has 0 bridgehead atoms. The van der Waals surface area contributed by atoms with Crippen molar-refractivity contribution in [1.29, 1.82) is 0 Å². The molecular weight excluding hydrogens is 194 g/mol. The molecule has 1 aromatic heterocycles. The summed E-state index contributed by atoms with van der Waals surface area (Å²) < 4.78 is 4.12. The Labute approximate surface area is 89.1 Å². The Morgan fingerprint density at radius 2 is 2.50 bits per heavy atom. The first kappa shape index (κ1) is 10.1. The molecule has 0 saturated carbocycles. The molecule has 0 spiro atoms. The minimum atomic E-state index is 0.360. The topological polar surface area (TPSA) is 42.1 Å². The van der Waals surface area contributed by atoms with Gasteiger partial charge in [0.1, 0.15) is 0 Å². The quantitative estimate of drug-likeness (QED) is 0.805. The third-order valence-electron chi connectivity index (χ3n) is 2.90. The average Bonchev–Trinajstić information content (AvgIpc) is 2.64. The lowest BCUT2D eigenvalue weighted by Crippen LogP contribution is -2.46. The van der Waals surface area contributed by atoms with E-state index in [4.69, 9.17) is 5.73 Å². The molecule has 1 saturated heterocycles. The van der Waals surface area contributed by atoms with Crippen molar-refractivity contribution in [2.75, 3.05) is 6.54 Å². The van der Waals surface area contributed by atoms with Gasteiger partial charge in [0.15, 0.2) is 0 Å². The van der Waals surface area contributed by atoms with E-state index in [1.165, 1.54) is 17.7 Å². The highest BCUT2D eigenvalue weighted by Gasteiger charge is 2.23. The summed E-state index contributed by atoms with van der Waals surface area (Å²) in [4.78, 5) is 3.80. The highest BCUT2D eigenvalue weighted by molar-refractivity contribution is 7.05. The van der Waals surface area contributed by atoms with Crippen LogP contribution in [0.15, 0.2) is 12.3 Å². The number of hydrogen-bond acceptors (Lipinski definition) is 4. The molecule has 1 fully saturated rings. The Bertz CT molecular complexity index is 273. The number of aromatic nitrogens is 1. The van der Waals surface area contributed by atoms with E-state index in [1.54, 1.807) is 11.5 Å². The predicted molar refractivity (Wildman–Crippen MR) is 59.2 cm³/mol. The molecule has 1 aliphatic rings. The summed E-state index contributed by atoms with van der Waals surface area (Å²) in [5.41, 5.74) is 5.96. The summed E-state index contributed by atoms with van der Waals surface area (Å²) in [5.74, 6) is 0. The first-order valence-corrected chi connectivity index (χ1v) is 5.92. The van der Waals surface area contributed by atoms with Crippen LogP contribution in [0.1, 0.15) is 24.6 Å². The second-order valence-corrected chi connectivity index (χ2v) is 5.01. The molecule has 0 aliphatic carbocycles. The Morgan fingerprint density at radius 1 is 1.64 bits per heavy atom. The number of nitrogens with two attached hydrogens (primary N) is 1. The number of rotatable bonds is 2. The molecule has 1 aliphatic heterocycles. The van der Waals surface area contributed by atoms with E-state index >= 15 is 0 Å². The molecule has 2 heterocycles. The van der Waals surface area contributed by atoms with Crippen molar-refractivity contribution < 1.29 is 0 Å². The van der Waals surface area contributed by atoms with Crippen LogP contribution in [0.5, 0.6) is 0 Å². The number of hydrogen-bond donors (Lipinski definition) is 1. The van der Waals surface area contributed by atoms with Crippen LogP contribution >= 0.6 is 11.5 Å². The van der Waals surface area contributed by atoms with Gasteiger partial charge in [0.2, 0.25) is 0 Å².